The Labute approximate surface area is 131 Å². The second kappa shape index (κ2) is 8.36. The molecule has 0 saturated carbocycles. The first-order chi connectivity index (χ1) is 9.91. The lowest BCUT2D eigenvalue weighted by Crippen LogP contribution is -2.45. The van der Waals surface area contributed by atoms with Crippen molar-refractivity contribution in [2.75, 3.05) is 0 Å². The van der Waals surface area contributed by atoms with Gasteiger partial charge in [-0.3, -0.25) is 0 Å². The van der Waals surface area contributed by atoms with Crippen LogP contribution >= 0.6 is 0 Å². The number of aryl methyl sites for hydroxylation is 1. The van der Waals surface area contributed by atoms with Crippen molar-refractivity contribution in [1.82, 2.24) is 0 Å². The molecule has 0 amide bonds. The Hall–Kier alpha value is -1.11. The molecule has 1 rings (SSSR count). The van der Waals surface area contributed by atoms with Crippen LogP contribution in [-0.4, -0.2) is 14.3 Å². The normalized spacial score (nSPS) is 11.9. The standard InChI is InChI=1S/C19H31OSi/c1-16(2)21(17(3)4,18(5)6)20-15-11-10-14-19-12-8-7-9-13-19/h7-9,11-13,16-18H,10,14H2,1-6H3/q+1. The van der Waals surface area contributed by atoms with Crippen LogP contribution in [0, 0.1) is 0 Å². The van der Waals surface area contributed by atoms with Crippen molar-refractivity contribution in [3.8, 4) is 0 Å². The molecule has 0 fully saturated rings. The topological polar surface area (TPSA) is 11.3 Å². The second-order valence-electron chi connectivity index (χ2n) is 6.77. The van der Waals surface area contributed by atoms with Gasteiger partial charge >= 0.3 is 14.3 Å². The summed E-state index contributed by atoms with van der Waals surface area (Å²) in [6, 6.07) is 10.6. The van der Waals surface area contributed by atoms with Gasteiger partial charge in [-0.25, -0.2) is 0 Å². The van der Waals surface area contributed by atoms with Crippen LogP contribution in [-0.2, 0) is 10.5 Å². The van der Waals surface area contributed by atoms with Crippen LogP contribution < -0.4 is 0 Å². The van der Waals surface area contributed by atoms with E-state index in [2.05, 4.69) is 83.9 Å². The zero-order chi connectivity index (χ0) is 15.9. The number of hydrogen-bond donors (Lipinski definition) is 0. The Bertz CT molecular complexity index is 446. The molecular formula is C19H31OSi+. The molecule has 0 aromatic heterocycles. The highest BCUT2D eigenvalue weighted by Crippen LogP contribution is 2.40. The Morgan fingerprint density at radius 1 is 0.952 bits per heavy atom. The third-order valence-electron chi connectivity index (χ3n) is 4.45. The molecule has 116 valence electrons. The van der Waals surface area contributed by atoms with Crippen molar-refractivity contribution in [1.29, 1.82) is 0 Å². The molecule has 0 spiro atoms. The average molecular weight is 304 g/mol. The quantitative estimate of drug-likeness (QED) is 0.347. The predicted molar refractivity (Wildman–Crippen MR) is 96.1 cm³/mol. The van der Waals surface area contributed by atoms with Crippen LogP contribution in [0.3, 0.4) is 0 Å². The molecule has 1 aromatic rings. The van der Waals surface area contributed by atoms with Gasteiger partial charge in [-0.05, 0) is 18.4 Å². The first-order valence-corrected chi connectivity index (χ1v) is 10.3. The number of benzene rings is 1. The van der Waals surface area contributed by atoms with Crippen molar-refractivity contribution >= 4 is 14.3 Å². The highest BCUT2D eigenvalue weighted by molar-refractivity contribution is 6.76. The molecule has 2 heteroatoms. The van der Waals surface area contributed by atoms with E-state index in [1.165, 1.54) is 5.56 Å². The van der Waals surface area contributed by atoms with Crippen molar-refractivity contribution < 1.29 is 4.11 Å². The van der Waals surface area contributed by atoms with E-state index in [-0.39, 0.29) is 0 Å². The van der Waals surface area contributed by atoms with E-state index < -0.39 is 8.32 Å². The van der Waals surface area contributed by atoms with Crippen LogP contribution in [0.2, 0.25) is 16.6 Å². The maximum Gasteiger partial charge on any atom is 0.540 e. The van der Waals surface area contributed by atoms with Crippen LogP contribution in [0.1, 0.15) is 53.5 Å². The Kier molecular flexibility index (Phi) is 7.14. The summed E-state index contributed by atoms with van der Waals surface area (Å²) in [6.07, 6.45) is 4.11. The smallest absolute Gasteiger partial charge is 0.322 e. The van der Waals surface area contributed by atoms with Crippen molar-refractivity contribution in [2.24, 2.45) is 0 Å². The van der Waals surface area contributed by atoms with Crippen LogP contribution in [0.4, 0.5) is 0 Å². The summed E-state index contributed by atoms with van der Waals surface area (Å²) in [5.41, 5.74) is 3.18. The van der Waals surface area contributed by atoms with Gasteiger partial charge in [-0.1, -0.05) is 71.9 Å². The Morgan fingerprint density at radius 3 is 1.95 bits per heavy atom. The lowest BCUT2D eigenvalue weighted by molar-refractivity contribution is 0.288. The summed E-state index contributed by atoms with van der Waals surface area (Å²) in [5, 5.41) is 0. The van der Waals surface area contributed by atoms with Gasteiger partial charge in [0.05, 0.1) is 6.08 Å². The predicted octanol–water partition coefficient (Wildman–Crippen LogP) is 5.72. The average Bonchev–Trinajstić information content (AvgIpc) is 2.42. The maximum atomic E-state index is 6.29. The summed E-state index contributed by atoms with van der Waals surface area (Å²) in [7, 11) is -1.80. The third-order valence-corrected chi connectivity index (χ3v) is 10.3. The van der Waals surface area contributed by atoms with Gasteiger partial charge < -0.3 is 4.11 Å². The highest BCUT2D eigenvalue weighted by Gasteiger charge is 2.59. The molecule has 0 aliphatic heterocycles. The molecule has 0 heterocycles. The lowest BCUT2D eigenvalue weighted by Gasteiger charge is -2.24. The molecule has 1 aromatic carbocycles. The van der Waals surface area contributed by atoms with Gasteiger partial charge in [0, 0.05) is 16.6 Å². The van der Waals surface area contributed by atoms with Crippen LogP contribution in [0.5, 0.6) is 0 Å². The minimum Gasteiger partial charge on any atom is -0.322 e. The van der Waals surface area contributed by atoms with Crippen molar-refractivity contribution in [3.05, 3.63) is 42.0 Å². The van der Waals surface area contributed by atoms with E-state index in [0.717, 1.165) is 12.8 Å². The van der Waals surface area contributed by atoms with E-state index in [9.17, 15) is 0 Å². The summed E-state index contributed by atoms with van der Waals surface area (Å²) in [6.45, 7) is 13.8. The summed E-state index contributed by atoms with van der Waals surface area (Å²) in [4.78, 5) is 0. The van der Waals surface area contributed by atoms with E-state index in [1.807, 2.05) is 0 Å². The zero-order valence-corrected chi connectivity index (χ0v) is 15.5. The van der Waals surface area contributed by atoms with Crippen molar-refractivity contribution in [3.63, 3.8) is 0 Å². The largest absolute Gasteiger partial charge is 0.540 e. The number of allylic oxidation sites excluding steroid dienone is 1. The van der Waals surface area contributed by atoms with Crippen LogP contribution in [0.15, 0.2) is 36.4 Å². The first-order valence-electron chi connectivity index (χ1n) is 8.20. The number of hydrogen-bond acceptors (Lipinski definition) is 0. The molecule has 0 radical (unpaired) electrons. The third kappa shape index (κ3) is 4.69. The Balaban J connectivity index is 2.76. The number of rotatable bonds is 7. The second-order valence-corrected chi connectivity index (χ2v) is 12.1. The SMILES string of the molecule is CC(C)[Si]([O+]=C=CCCc1ccccc1)(C(C)C)C(C)C. The summed E-state index contributed by atoms with van der Waals surface area (Å²) in [5.74, 6) is 3.18. The van der Waals surface area contributed by atoms with Gasteiger partial charge in [0.1, 0.15) is 0 Å². The molecule has 0 N–H and O–H groups in total. The molecule has 0 atom stereocenters. The minimum absolute atomic E-state index is 0.604. The maximum absolute atomic E-state index is 6.29. The summed E-state index contributed by atoms with van der Waals surface area (Å²) < 4.78 is 6.29. The number of carbonyl (C=O) groups excluding carboxylic acids is 1. The molecule has 1 nitrogen and oxygen atoms in total. The van der Waals surface area contributed by atoms with Gasteiger partial charge in [-0.2, -0.15) is 0 Å². The van der Waals surface area contributed by atoms with E-state index in [0.29, 0.717) is 16.6 Å². The minimum atomic E-state index is -1.80. The molecule has 21 heavy (non-hydrogen) atoms. The lowest BCUT2D eigenvalue weighted by atomic mass is 10.1. The van der Waals surface area contributed by atoms with Gasteiger partial charge in [0.15, 0.2) is 0 Å². The fourth-order valence-electron chi connectivity index (χ4n) is 3.44. The van der Waals surface area contributed by atoms with Gasteiger partial charge in [0.25, 0.3) is 0 Å². The fourth-order valence-corrected chi connectivity index (χ4v) is 8.43. The molecule has 0 bridgehead atoms. The monoisotopic (exact) mass is 303 g/mol. The first kappa shape index (κ1) is 17.9. The molecular weight excluding hydrogens is 272 g/mol. The molecule has 0 aliphatic rings. The van der Waals surface area contributed by atoms with Gasteiger partial charge in [-0.15, -0.1) is 0 Å². The molecule has 0 saturated heterocycles. The summed E-state index contributed by atoms with van der Waals surface area (Å²) >= 11 is 0. The molecule has 0 unspecified atom stereocenters. The molecule has 0 aliphatic carbocycles. The van der Waals surface area contributed by atoms with Crippen molar-refractivity contribution in [2.45, 2.75) is 71.0 Å². The van der Waals surface area contributed by atoms with Crippen LogP contribution in [0.25, 0.3) is 0 Å². The van der Waals surface area contributed by atoms with E-state index >= 15 is 0 Å². The zero-order valence-electron chi connectivity index (χ0n) is 14.5. The van der Waals surface area contributed by atoms with E-state index in [1.54, 1.807) is 0 Å². The highest BCUT2D eigenvalue weighted by atomic mass is 28.4. The fraction of sp³-hybridized carbons (Fsp3) is 0.579. The Morgan fingerprint density at radius 2 is 1.48 bits per heavy atom. The van der Waals surface area contributed by atoms with E-state index in [4.69, 9.17) is 4.11 Å². The van der Waals surface area contributed by atoms with Gasteiger partial charge in [0.2, 0.25) is 0 Å².